The van der Waals surface area contributed by atoms with Gasteiger partial charge < -0.3 is 10.6 Å². The van der Waals surface area contributed by atoms with Gasteiger partial charge in [0, 0.05) is 68.3 Å². The Morgan fingerprint density at radius 1 is 1.31 bits per heavy atom. The zero-order valence-electron chi connectivity index (χ0n) is 15.2. The van der Waals surface area contributed by atoms with Crippen LogP contribution in [-0.2, 0) is 13.0 Å². The molecule has 138 valence electrons. The number of amides is 1. The highest BCUT2D eigenvalue weighted by Crippen LogP contribution is 2.24. The summed E-state index contributed by atoms with van der Waals surface area (Å²) in [5, 5.41) is 13.8. The number of aromatic amines is 1. The van der Waals surface area contributed by atoms with E-state index in [0.717, 1.165) is 56.7 Å². The van der Waals surface area contributed by atoms with Crippen molar-refractivity contribution in [2.45, 2.75) is 44.8 Å². The van der Waals surface area contributed by atoms with Crippen LogP contribution in [0.5, 0.6) is 0 Å². The first kappa shape index (κ1) is 17.2. The number of H-pyrrole nitrogens is 1. The van der Waals surface area contributed by atoms with Gasteiger partial charge in [0.05, 0.1) is 0 Å². The van der Waals surface area contributed by atoms with Gasteiger partial charge in [-0.25, -0.2) is 0 Å². The average molecular weight is 354 g/mol. The van der Waals surface area contributed by atoms with Crippen LogP contribution in [0, 0.1) is 0 Å². The molecule has 1 saturated heterocycles. The summed E-state index contributed by atoms with van der Waals surface area (Å²) < 4.78 is 0. The molecule has 1 fully saturated rings. The maximum Gasteiger partial charge on any atom is 0.272 e. The Balaban J connectivity index is 1.32. The molecule has 2 aliphatic rings. The fourth-order valence-electron chi connectivity index (χ4n) is 3.95. The van der Waals surface area contributed by atoms with E-state index in [9.17, 15) is 4.79 Å². The van der Waals surface area contributed by atoms with Crippen LogP contribution < -0.4 is 10.6 Å². The van der Waals surface area contributed by atoms with Crippen LogP contribution in [0.1, 0.15) is 53.1 Å². The fourth-order valence-corrected chi connectivity index (χ4v) is 3.95. The molecule has 0 aromatic carbocycles. The van der Waals surface area contributed by atoms with Crippen molar-refractivity contribution in [1.82, 2.24) is 30.7 Å². The van der Waals surface area contributed by atoms with E-state index in [-0.39, 0.29) is 11.9 Å². The summed E-state index contributed by atoms with van der Waals surface area (Å²) in [6, 6.07) is 4.74. The third kappa shape index (κ3) is 3.50. The van der Waals surface area contributed by atoms with Gasteiger partial charge in [-0.2, -0.15) is 5.10 Å². The van der Waals surface area contributed by atoms with Crippen LogP contribution in [0.3, 0.4) is 0 Å². The normalized spacial score (nSPS) is 19.7. The maximum absolute atomic E-state index is 12.6. The lowest BCUT2D eigenvalue weighted by atomic mass is 10.00. The van der Waals surface area contributed by atoms with Crippen LogP contribution >= 0.6 is 0 Å². The van der Waals surface area contributed by atoms with Gasteiger partial charge in [-0.05, 0) is 37.5 Å². The number of hydrogen-bond acceptors (Lipinski definition) is 5. The number of carbonyl (C=O) groups excluding carboxylic acids is 1. The topological polar surface area (TPSA) is 85.9 Å². The number of carbonyl (C=O) groups is 1. The molecule has 1 amide bonds. The molecule has 1 atom stereocenters. The van der Waals surface area contributed by atoms with Gasteiger partial charge in [0.25, 0.3) is 5.91 Å². The zero-order valence-corrected chi connectivity index (χ0v) is 15.2. The van der Waals surface area contributed by atoms with Crippen LogP contribution in [-0.4, -0.2) is 51.7 Å². The second-order valence-corrected chi connectivity index (χ2v) is 7.20. The van der Waals surface area contributed by atoms with E-state index < -0.39 is 0 Å². The number of likely N-dealkylation sites (tertiary alicyclic amines) is 1. The van der Waals surface area contributed by atoms with Crippen LogP contribution in [0.15, 0.2) is 24.5 Å². The number of rotatable bonds is 4. The summed E-state index contributed by atoms with van der Waals surface area (Å²) in [6.45, 7) is 5.85. The monoisotopic (exact) mass is 354 g/mol. The lowest BCUT2D eigenvalue weighted by Gasteiger charge is -2.36. The van der Waals surface area contributed by atoms with Gasteiger partial charge in [-0.1, -0.05) is 0 Å². The van der Waals surface area contributed by atoms with Gasteiger partial charge in [-0.3, -0.25) is 19.8 Å². The van der Waals surface area contributed by atoms with Gasteiger partial charge >= 0.3 is 0 Å². The molecule has 3 N–H and O–H groups in total. The second-order valence-electron chi connectivity index (χ2n) is 7.20. The molecule has 4 heterocycles. The van der Waals surface area contributed by atoms with Crippen molar-refractivity contribution < 1.29 is 4.79 Å². The highest BCUT2D eigenvalue weighted by molar-refractivity contribution is 5.94. The summed E-state index contributed by atoms with van der Waals surface area (Å²) in [4.78, 5) is 19.2. The molecule has 26 heavy (non-hydrogen) atoms. The molecule has 4 rings (SSSR count). The SMILES string of the molecule is CC(c1ccncc1)N1CCC(NC(=O)c2n[nH]c3c2CNCC3)CC1. The van der Waals surface area contributed by atoms with Gasteiger partial charge in [0.1, 0.15) is 0 Å². The van der Waals surface area contributed by atoms with Gasteiger partial charge in [0.15, 0.2) is 5.69 Å². The minimum atomic E-state index is -0.0492. The van der Waals surface area contributed by atoms with Crippen molar-refractivity contribution >= 4 is 5.91 Å². The van der Waals surface area contributed by atoms with Crippen molar-refractivity contribution in [3.8, 4) is 0 Å². The minimum absolute atomic E-state index is 0.0492. The number of hydrogen-bond donors (Lipinski definition) is 3. The first-order valence-electron chi connectivity index (χ1n) is 9.44. The Hall–Kier alpha value is -2.25. The van der Waals surface area contributed by atoms with Gasteiger partial charge in [-0.15, -0.1) is 0 Å². The van der Waals surface area contributed by atoms with Crippen molar-refractivity contribution in [2.24, 2.45) is 0 Å². The van der Waals surface area contributed by atoms with Crippen molar-refractivity contribution in [3.05, 3.63) is 47.0 Å². The molecule has 0 spiro atoms. The molecule has 2 aromatic heterocycles. The van der Waals surface area contributed by atoms with Crippen molar-refractivity contribution in [3.63, 3.8) is 0 Å². The highest BCUT2D eigenvalue weighted by Gasteiger charge is 2.27. The smallest absolute Gasteiger partial charge is 0.272 e. The molecular formula is C19H26N6O. The summed E-state index contributed by atoms with van der Waals surface area (Å²) in [7, 11) is 0. The summed E-state index contributed by atoms with van der Waals surface area (Å²) >= 11 is 0. The molecule has 0 bridgehead atoms. The lowest BCUT2D eigenvalue weighted by Crippen LogP contribution is -2.45. The Labute approximate surface area is 153 Å². The van der Waals surface area contributed by atoms with E-state index in [1.807, 2.05) is 12.4 Å². The third-order valence-corrected chi connectivity index (χ3v) is 5.62. The van der Waals surface area contributed by atoms with Crippen molar-refractivity contribution in [1.29, 1.82) is 0 Å². The Kier molecular flexibility index (Phi) is 4.99. The second kappa shape index (κ2) is 7.55. The van der Waals surface area contributed by atoms with E-state index in [0.29, 0.717) is 11.7 Å². The molecule has 0 radical (unpaired) electrons. The van der Waals surface area contributed by atoms with Crippen LogP contribution in [0.4, 0.5) is 0 Å². The molecule has 7 heteroatoms. The molecule has 7 nitrogen and oxygen atoms in total. The molecule has 1 unspecified atom stereocenters. The number of pyridine rings is 1. The van der Waals surface area contributed by atoms with E-state index >= 15 is 0 Å². The van der Waals surface area contributed by atoms with E-state index in [2.05, 4.69) is 49.8 Å². The number of nitrogens with one attached hydrogen (secondary N) is 3. The summed E-state index contributed by atoms with van der Waals surface area (Å²) in [6.07, 6.45) is 6.52. The van der Waals surface area contributed by atoms with Crippen molar-refractivity contribution in [2.75, 3.05) is 19.6 Å². The number of fused-ring (bicyclic) bond motifs is 1. The fraction of sp³-hybridized carbons (Fsp3) is 0.526. The quantitative estimate of drug-likeness (QED) is 0.773. The predicted molar refractivity (Wildman–Crippen MR) is 98.7 cm³/mol. The van der Waals surface area contributed by atoms with E-state index in [1.165, 1.54) is 5.56 Å². The van der Waals surface area contributed by atoms with Crippen LogP contribution in [0.25, 0.3) is 0 Å². The number of piperidine rings is 1. The summed E-state index contributed by atoms with van der Waals surface area (Å²) in [5.41, 5.74) is 3.96. The Bertz CT molecular complexity index is 751. The molecule has 0 saturated carbocycles. The first-order valence-corrected chi connectivity index (χ1v) is 9.44. The van der Waals surface area contributed by atoms with Gasteiger partial charge in [0.2, 0.25) is 0 Å². The molecular weight excluding hydrogens is 328 g/mol. The average Bonchev–Trinajstić information content (AvgIpc) is 3.13. The Morgan fingerprint density at radius 3 is 2.85 bits per heavy atom. The van der Waals surface area contributed by atoms with E-state index in [1.54, 1.807) is 0 Å². The third-order valence-electron chi connectivity index (χ3n) is 5.62. The predicted octanol–water partition coefficient (Wildman–Crippen LogP) is 1.41. The standard InChI is InChI=1S/C19H26N6O/c1-13(14-2-7-20-8-3-14)25-10-5-15(6-11-25)22-19(26)18-16-12-21-9-4-17(16)23-24-18/h2-3,7-8,13,15,21H,4-6,9-12H2,1H3,(H,22,26)(H,23,24). The first-order chi connectivity index (χ1) is 12.7. The highest BCUT2D eigenvalue weighted by atomic mass is 16.2. The molecule has 2 aliphatic heterocycles. The number of nitrogens with zero attached hydrogens (tertiary/aromatic N) is 3. The number of aromatic nitrogens is 3. The van der Waals surface area contributed by atoms with Crippen LogP contribution in [0.2, 0.25) is 0 Å². The largest absolute Gasteiger partial charge is 0.348 e. The maximum atomic E-state index is 12.6. The minimum Gasteiger partial charge on any atom is -0.348 e. The van der Waals surface area contributed by atoms with E-state index in [4.69, 9.17) is 0 Å². The Morgan fingerprint density at radius 2 is 2.08 bits per heavy atom. The molecule has 0 aliphatic carbocycles. The lowest BCUT2D eigenvalue weighted by molar-refractivity contribution is 0.0890. The zero-order chi connectivity index (χ0) is 17.9. The summed E-state index contributed by atoms with van der Waals surface area (Å²) in [5.74, 6) is -0.0492. The molecule has 2 aromatic rings.